The van der Waals surface area contributed by atoms with Gasteiger partial charge in [-0.3, -0.25) is 4.79 Å². The van der Waals surface area contributed by atoms with E-state index in [0.29, 0.717) is 44.8 Å². The summed E-state index contributed by atoms with van der Waals surface area (Å²) in [5.74, 6) is -1.34. The molecule has 1 saturated carbocycles. The van der Waals surface area contributed by atoms with Crippen LogP contribution in [0.25, 0.3) is 11.1 Å². The molecule has 1 atom stereocenters. The average molecular weight is 567 g/mol. The summed E-state index contributed by atoms with van der Waals surface area (Å²) in [5.41, 5.74) is -1.21. The number of likely N-dealkylation sites (tertiary alicyclic amines) is 2. The summed E-state index contributed by atoms with van der Waals surface area (Å²) >= 11 is 0. The van der Waals surface area contributed by atoms with E-state index < -0.39 is 29.1 Å². The lowest BCUT2D eigenvalue weighted by molar-refractivity contribution is -0.256. The van der Waals surface area contributed by atoms with Crippen LogP contribution in [-0.2, 0) is 0 Å². The van der Waals surface area contributed by atoms with Crippen LogP contribution in [0, 0.1) is 23.0 Å². The molecule has 5 nitrogen and oxygen atoms in total. The molecule has 1 aliphatic carbocycles. The Hall–Kier alpha value is -2.72. The van der Waals surface area contributed by atoms with Gasteiger partial charge in [0.25, 0.3) is 5.91 Å². The Kier molecular flexibility index (Phi) is 8.38. The number of carbonyl (C=O) groups is 1. The molecule has 40 heavy (non-hydrogen) atoms. The third kappa shape index (κ3) is 5.84. The van der Waals surface area contributed by atoms with Crippen LogP contribution in [0.3, 0.4) is 0 Å². The number of piperidine rings is 1. The van der Waals surface area contributed by atoms with Crippen molar-refractivity contribution >= 4 is 5.91 Å². The minimum absolute atomic E-state index is 0.0634. The Morgan fingerprint density at radius 3 is 2.33 bits per heavy atom. The number of aliphatic hydroxyl groups is 1. The molecule has 0 unspecified atom stereocenters. The van der Waals surface area contributed by atoms with E-state index in [1.807, 2.05) is 4.90 Å². The topological polar surface area (TPSA) is 53.0 Å². The fourth-order valence-corrected chi connectivity index (χ4v) is 6.21. The highest BCUT2D eigenvalue weighted by atomic mass is 19.4. The summed E-state index contributed by atoms with van der Waals surface area (Å²) in [6, 6.07) is 8.00. The van der Waals surface area contributed by atoms with Gasteiger partial charge in [-0.15, -0.1) is 0 Å². The highest BCUT2D eigenvalue weighted by molar-refractivity contribution is 5.95. The molecule has 2 aromatic rings. The van der Waals surface area contributed by atoms with Crippen molar-refractivity contribution in [2.24, 2.45) is 11.3 Å². The monoisotopic (exact) mass is 566 g/mol. The molecule has 3 aliphatic rings. The Labute approximate surface area is 230 Å². The lowest BCUT2D eigenvalue weighted by atomic mass is 9.67. The second-order valence-electron chi connectivity index (χ2n) is 11.5. The minimum Gasteiger partial charge on any atom is -0.493 e. The zero-order valence-electron chi connectivity index (χ0n) is 22.4. The fraction of sp³-hybridized carbons (Fsp3) is 0.567. The highest BCUT2D eigenvalue weighted by Crippen LogP contribution is 2.53. The van der Waals surface area contributed by atoms with Crippen LogP contribution in [-0.4, -0.2) is 72.4 Å². The van der Waals surface area contributed by atoms with Crippen LogP contribution >= 0.6 is 0 Å². The van der Waals surface area contributed by atoms with E-state index >= 15 is 0 Å². The van der Waals surface area contributed by atoms with Crippen molar-refractivity contribution in [3.63, 3.8) is 0 Å². The number of ether oxygens (including phenoxy) is 1. The number of nitrogens with zero attached hydrogens (tertiary/aromatic N) is 2. The molecule has 218 valence electrons. The van der Waals surface area contributed by atoms with Crippen LogP contribution in [0.4, 0.5) is 22.0 Å². The smallest absolute Gasteiger partial charge is 0.395 e. The largest absolute Gasteiger partial charge is 0.493 e. The van der Waals surface area contributed by atoms with Crippen molar-refractivity contribution < 1.29 is 36.6 Å². The molecule has 0 bridgehead atoms. The molecule has 2 saturated heterocycles. The summed E-state index contributed by atoms with van der Waals surface area (Å²) in [6.07, 6.45) is -0.265. The molecule has 2 heterocycles. The highest BCUT2D eigenvalue weighted by Gasteiger charge is 2.58. The van der Waals surface area contributed by atoms with Crippen LogP contribution < -0.4 is 4.74 Å². The fourth-order valence-electron chi connectivity index (χ4n) is 6.21. The SMILES string of the molecule is O=C(c1ccc(-c2ccc(OCC3CCN(CC4(C(F)(F)F)CCC4)CC3)cc2F)cc1F)N1CCC[C@@H]1CO. The molecular weight excluding hydrogens is 531 g/mol. The number of halogens is 5. The predicted molar refractivity (Wildman–Crippen MR) is 140 cm³/mol. The van der Waals surface area contributed by atoms with Crippen molar-refractivity contribution in [1.82, 2.24) is 9.80 Å². The predicted octanol–water partition coefficient (Wildman–Crippen LogP) is 6.05. The van der Waals surface area contributed by atoms with E-state index in [2.05, 4.69) is 0 Å². The van der Waals surface area contributed by atoms with Crippen LogP contribution in [0.1, 0.15) is 55.3 Å². The summed E-state index contributed by atoms with van der Waals surface area (Å²) < 4.78 is 76.2. The summed E-state index contributed by atoms with van der Waals surface area (Å²) in [7, 11) is 0. The van der Waals surface area contributed by atoms with Crippen molar-refractivity contribution in [3.05, 3.63) is 53.6 Å². The van der Waals surface area contributed by atoms with Crippen LogP contribution in [0.2, 0.25) is 0 Å². The third-order valence-corrected chi connectivity index (χ3v) is 8.93. The number of hydrogen-bond acceptors (Lipinski definition) is 4. The standard InChI is InChI=1S/C30H35F5N2O3/c31-26-15-21(4-6-25(26)28(39)37-12-1-3-22(37)17-38)24-7-5-23(16-27(24)32)40-18-20-8-13-36(14-9-20)19-29(10-2-11-29)30(33,34)35/h4-7,15-16,20,22,38H,1-3,8-14,17-19H2/t22-/m1/s1. The number of rotatable bonds is 8. The molecule has 2 aliphatic heterocycles. The molecule has 0 radical (unpaired) electrons. The third-order valence-electron chi connectivity index (χ3n) is 8.93. The van der Waals surface area contributed by atoms with Gasteiger partial charge >= 0.3 is 6.18 Å². The lowest BCUT2D eigenvalue weighted by Gasteiger charge is -2.47. The quantitative estimate of drug-likeness (QED) is 0.396. The van der Waals surface area contributed by atoms with Crippen LogP contribution in [0.15, 0.2) is 36.4 Å². The molecular formula is C30H35F5N2O3. The van der Waals surface area contributed by atoms with Crippen molar-refractivity contribution in [2.75, 3.05) is 39.4 Å². The zero-order valence-corrected chi connectivity index (χ0v) is 22.4. The van der Waals surface area contributed by atoms with Gasteiger partial charge in [0.2, 0.25) is 0 Å². The second kappa shape index (κ2) is 11.6. The Morgan fingerprint density at radius 2 is 1.73 bits per heavy atom. The minimum atomic E-state index is -4.16. The maximum absolute atomic E-state index is 15.0. The lowest BCUT2D eigenvalue weighted by Crippen LogP contribution is -2.53. The van der Waals surface area contributed by atoms with E-state index in [0.717, 1.165) is 25.3 Å². The first-order valence-corrected chi connectivity index (χ1v) is 14.0. The van der Waals surface area contributed by atoms with Gasteiger partial charge in [0, 0.05) is 24.7 Å². The zero-order chi connectivity index (χ0) is 28.5. The van der Waals surface area contributed by atoms with Gasteiger partial charge in [-0.2, -0.15) is 13.2 Å². The van der Waals surface area contributed by atoms with E-state index in [1.165, 1.54) is 29.2 Å². The molecule has 10 heteroatoms. The summed E-state index contributed by atoms with van der Waals surface area (Å²) in [6.45, 7) is 1.86. The number of alkyl halides is 3. The Balaban J connectivity index is 1.15. The number of aliphatic hydroxyl groups excluding tert-OH is 1. The second-order valence-corrected chi connectivity index (χ2v) is 11.5. The Bertz CT molecular complexity index is 1210. The maximum Gasteiger partial charge on any atom is 0.395 e. The van der Waals surface area contributed by atoms with Crippen molar-refractivity contribution in [1.29, 1.82) is 0 Å². The van der Waals surface area contributed by atoms with E-state index in [-0.39, 0.29) is 54.6 Å². The average Bonchev–Trinajstić information content (AvgIpc) is 3.38. The van der Waals surface area contributed by atoms with Gasteiger partial charge in [-0.05, 0) is 87.4 Å². The van der Waals surface area contributed by atoms with Gasteiger partial charge in [-0.25, -0.2) is 8.78 Å². The van der Waals surface area contributed by atoms with Crippen molar-refractivity contribution in [3.8, 4) is 16.9 Å². The van der Waals surface area contributed by atoms with Gasteiger partial charge in [0.15, 0.2) is 0 Å². The number of carbonyl (C=O) groups excluding carboxylic acids is 1. The molecule has 5 rings (SSSR count). The van der Waals surface area contributed by atoms with E-state index in [1.54, 1.807) is 6.07 Å². The van der Waals surface area contributed by atoms with Gasteiger partial charge < -0.3 is 19.6 Å². The maximum atomic E-state index is 15.0. The first-order chi connectivity index (χ1) is 19.1. The van der Waals surface area contributed by atoms with Gasteiger partial charge in [0.1, 0.15) is 17.4 Å². The normalized spacial score (nSPS) is 21.9. The molecule has 0 aromatic heterocycles. The van der Waals surface area contributed by atoms with E-state index in [9.17, 15) is 31.9 Å². The molecule has 3 fully saturated rings. The molecule has 0 spiro atoms. The van der Waals surface area contributed by atoms with Crippen LogP contribution in [0.5, 0.6) is 5.75 Å². The Morgan fingerprint density at radius 1 is 0.975 bits per heavy atom. The van der Waals surface area contributed by atoms with Gasteiger partial charge in [-0.1, -0.05) is 12.5 Å². The van der Waals surface area contributed by atoms with E-state index in [4.69, 9.17) is 4.74 Å². The molecule has 1 amide bonds. The molecule has 2 aromatic carbocycles. The summed E-state index contributed by atoms with van der Waals surface area (Å²) in [5, 5.41) is 9.47. The molecule has 1 N–H and O–H groups in total. The number of benzene rings is 2. The van der Waals surface area contributed by atoms with Gasteiger partial charge in [0.05, 0.1) is 30.2 Å². The number of amides is 1. The first-order valence-electron chi connectivity index (χ1n) is 14.0. The van der Waals surface area contributed by atoms with Crippen molar-refractivity contribution in [2.45, 2.75) is 57.2 Å². The number of hydrogen-bond donors (Lipinski definition) is 1. The first kappa shape index (κ1) is 28.8. The summed E-state index contributed by atoms with van der Waals surface area (Å²) in [4.78, 5) is 16.2.